The van der Waals surface area contributed by atoms with Gasteiger partial charge in [0, 0.05) is 65.8 Å². The van der Waals surface area contributed by atoms with Gasteiger partial charge in [-0.15, -0.1) is 0 Å². The van der Waals surface area contributed by atoms with E-state index in [-0.39, 0.29) is 0 Å². The molecule has 24 aromatic rings. The van der Waals surface area contributed by atoms with Crippen molar-refractivity contribution in [2.24, 2.45) is 0 Å². The van der Waals surface area contributed by atoms with E-state index in [0.29, 0.717) is 0 Å². The van der Waals surface area contributed by atoms with Crippen molar-refractivity contribution in [1.29, 1.82) is 0 Å². The first-order chi connectivity index (χ1) is 59.9. The highest BCUT2D eigenvalue weighted by atomic mass is 15.0. The molecule has 2 aliphatic carbocycles. The summed E-state index contributed by atoms with van der Waals surface area (Å²) in [6, 6.07) is 162. The molecule has 121 heavy (non-hydrogen) atoms. The van der Waals surface area contributed by atoms with Gasteiger partial charge in [0.25, 0.3) is 0 Å². The average Bonchev–Trinajstić information content (AvgIpc) is 1.56. The van der Waals surface area contributed by atoms with Crippen LogP contribution < -0.4 is 0 Å². The molecule has 0 bridgehead atoms. The van der Waals surface area contributed by atoms with E-state index in [0.717, 1.165) is 11.4 Å². The fourth-order valence-electron chi connectivity index (χ4n) is 19.9. The van der Waals surface area contributed by atoms with Crippen molar-refractivity contribution < 1.29 is 0 Å². The Morgan fingerprint density at radius 3 is 0.802 bits per heavy atom. The van der Waals surface area contributed by atoms with Crippen LogP contribution in [0.2, 0.25) is 0 Å². The average molecular weight is 1540 g/mol. The zero-order chi connectivity index (χ0) is 79.8. The first kappa shape index (κ1) is 69.4. The highest BCUT2D eigenvalue weighted by molar-refractivity contribution is 6.20. The summed E-state index contributed by atoms with van der Waals surface area (Å²) in [5.74, 6) is 0. The van der Waals surface area contributed by atoms with Crippen molar-refractivity contribution in [1.82, 2.24) is 18.3 Å². The highest BCUT2D eigenvalue weighted by Crippen LogP contribution is 2.51. The fraction of sp³-hybridized carbons (Fsp3) is 0.00855. The quantitative estimate of drug-likeness (QED) is 0.137. The van der Waals surface area contributed by atoms with Gasteiger partial charge in [0.15, 0.2) is 0 Å². The molecule has 0 N–H and O–H groups in total. The summed E-state index contributed by atoms with van der Waals surface area (Å²) >= 11 is 0. The molecular weight excluding hydrogens is 1460 g/mol. The van der Waals surface area contributed by atoms with Gasteiger partial charge in [-0.3, -0.25) is 0 Å². The molecule has 0 saturated heterocycles. The molecule has 4 heteroatoms. The Balaban J connectivity index is 0.000000119. The van der Waals surface area contributed by atoms with Crippen molar-refractivity contribution >= 4 is 109 Å². The molecule has 4 aromatic heterocycles. The zero-order valence-corrected chi connectivity index (χ0v) is 66.4. The van der Waals surface area contributed by atoms with Crippen LogP contribution in [0.25, 0.3) is 232 Å². The van der Waals surface area contributed by atoms with Gasteiger partial charge >= 0.3 is 0 Å². The largest absolute Gasteiger partial charge is 0.309 e. The molecule has 0 saturated carbocycles. The van der Waals surface area contributed by atoms with Gasteiger partial charge in [-0.05, 0) is 256 Å². The van der Waals surface area contributed by atoms with Crippen LogP contribution in [0.15, 0.2) is 443 Å². The van der Waals surface area contributed by atoms with Gasteiger partial charge in [-0.1, -0.05) is 322 Å². The molecule has 0 aliphatic heterocycles. The van der Waals surface area contributed by atoms with Gasteiger partial charge in [0.1, 0.15) is 0 Å². The zero-order valence-electron chi connectivity index (χ0n) is 66.4. The van der Waals surface area contributed by atoms with Crippen molar-refractivity contribution in [3.8, 4) is 123 Å². The van der Waals surface area contributed by atoms with E-state index in [2.05, 4.69) is 468 Å². The number of aryl methyl sites for hydroxylation is 1. The van der Waals surface area contributed by atoms with E-state index >= 15 is 0 Å². The van der Waals surface area contributed by atoms with Crippen LogP contribution in [0.4, 0.5) is 0 Å². The number of para-hydroxylation sites is 4. The maximum Gasteiger partial charge on any atom is 0.0541 e. The first-order valence-electron chi connectivity index (χ1n) is 41.8. The Labute approximate surface area is 700 Å². The van der Waals surface area contributed by atoms with Crippen molar-refractivity contribution in [3.63, 3.8) is 0 Å². The highest BCUT2D eigenvalue weighted by Gasteiger charge is 2.25. The summed E-state index contributed by atoms with van der Waals surface area (Å²) in [5, 5.41) is 15.5. The van der Waals surface area contributed by atoms with E-state index < -0.39 is 0 Å². The molecular formula is C117H76N4. The Hall–Kier alpha value is -15.9. The standard InChI is InChI=1S/C58H36N2.C43H30N2.C16H10/c1-2-11-37(12-3-1)38-21-27-42(28-22-38)59-54-19-8-6-15-47(54)52-35-40(25-33-56(52)59)41-26-34-57-53(36-41)48-16-7-9-20-55(48)60(57)43-29-23-39(24-30-43)44-31-32-51-46-14-5-4-13-45(46)50-18-10-17-49(44)58(50)51;1-29-10-9-13-35(26-29)45-41-17-8-6-15-37(41)39-28-33(21-25-43(39)45)32-20-24-42-38(27-32)36-14-5-7-16-40(36)44(42)34-22-18-31(19-23-34)30-11-3-2-4-12-30;1-2-8-13-12(7-1)14-9-3-5-11-6-4-10-15(13)16(11)14/h1-36H;2-28H,1H3;1-10H. The minimum absolute atomic E-state index is 1.15. The number of fused-ring (bicyclic) bond motifs is 18. The molecule has 0 unspecified atom stereocenters. The molecule has 0 amide bonds. The molecule has 0 radical (unpaired) electrons. The van der Waals surface area contributed by atoms with Gasteiger partial charge in [0.2, 0.25) is 0 Å². The number of aromatic nitrogens is 4. The number of benzene rings is 20. The fourth-order valence-corrected chi connectivity index (χ4v) is 19.9. The summed E-state index contributed by atoms with van der Waals surface area (Å²) < 4.78 is 9.60. The van der Waals surface area contributed by atoms with E-state index in [1.807, 2.05) is 0 Å². The first-order valence-corrected chi connectivity index (χ1v) is 41.8. The Kier molecular flexibility index (Phi) is 16.2. The minimum Gasteiger partial charge on any atom is -0.309 e. The molecule has 0 spiro atoms. The van der Waals surface area contributed by atoms with Gasteiger partial charge in [-0.2, -0.15) is 0 Å². The predicted molar refractivity (Wildman–Crippen MR) is 512 cm³/mol. The summed E-state index contributed by atoms with van der Waals surface area (Å²) in [5.41, 5.74) is 38.7. The molecule has 26 rings (SSSR count). The van der Waals surface area contributed by atoms with Crippen molar-refractivity contribution in [2.75, 3.05) is 0 Å². The topological polar surface area (TPSA) is 19.7 Å². The summed E-state index contributed by atoms with van der Waals surface area (Å²) in [4.78, 5) is 0. The van der Waals surface area contributed by atoms with E-state index in [1.54, 1.807) is 0 Å². The SMILES string of the molecule is Cc1cccc(-n2c3ccccc3c3cc(-c4ccc5c(c4)c4ccccc4n5-c4ccc(-c5ccccc5)cc4)ccc32)c1.c1ccc(-c2ccc(-n3c4ccccc4c4cc(-c5ccc6c(c5)c5ccccc5n6-c5ccc(-c6ccc7c8c(cccc68)-c6ccccc6-7)cc5)ccc43)cc2)cc1.c1ccc2c(c1)-c1cccc3cccc-2c13. The van der Waals surface area contributed by atoms with Gasteiger partial charge in [-0.25, -0.2) is 0 Å². The summed E-state index contributed by atoms with van der Waals surface area (Å²) in [7, 11) is 0. The monoisotopic (exact) mass is 1540 g/mol. The number of rotatable bonds is 9. The maximum atomic E-state index is 2.42. The Bertz CT molecular complexity index is 8210. The maximum absolute atomic E-state index is 2.42. The second-order valence-corrected chi connectivity index (χ2v) is 32.2. The lowest BCUT2D eigenvalue weighted by Gasteiger charge is -2.12. The Morgan fingerprint density at radius 2 is 0.413 bits per heavy atom. The number of hydrogen-bond acceptors (Lipinski definition) is 0. The van der Waals surface area contributed by atoms with Crippen LogP contribution in [0.3, 0.4) is 0 Å². The van der Waals surface area contributed by atoms with Crippen LogP contribution in [0, 0.1) is 6.92 Å². The third-order valence-corrected chi connectivity index (χ3v) is 25.5. The minimum atomic E-state index is 1.15. The lowest BCUT2D eigenvalue weighted by atomic mass is 9.94. The predicted octanol–water partition coefficient (Wildman–Crippen LogP) is 31.7. The Morgan fingerprint density at radius 1 is 0.140 bits per heavy atom. The lowest BCUT2D eigenvalue weighted by Crippen LogP contribution is -1.94. The molecule has 2 aliphatic rings. The van der Waals surface area contributed by atoms with E-state index in [9.17, 15) is 0 Å². The van der Waals surface area contributed by atoms with Crippen molar-refractivity contribution in [3.05, 3.63) is 448 Å². The summed E-state index contributed by atoms with van der Waals surface area (Å²) in [6.07, 6.45) is 0. The smallest absolute Gasteiger partial charge is 0.0541 e. The van der Waals surface area contributed by atoms with Crippen LogP contribution in [0.1, 0.15) is 5.56 Å². The molecule has 564 valence electrons. The third-order valence-electron chi connectivity index (χ3n) is 25.5. The summed E-state index contributed by atoms with van der Waals surface area (Å²) in [6.45, 7) is 2.16. The number of hydrogen-bond donors (Lipinski definition) is 0. The molecule has 20 aromatic carbocycles. The van der Waals surface area contributed by atoms with Crippen LogP contribution >= 0.6 is 0 Å². The molecule has 4 nitrogen and oxygen atoms in total. The lowest BCUT2D eigenvalue weighted by molar-refractivity contribution is 1.17. The molecule has 0 fully saturated rings. The normalized spacial score (nSPS) is 11.8. The van der Waals surface area contributed by atoms with Crippen LogP contribution in [-0.2, 0) is 0 Å². The second kappa shape index (κ2) is 28.2. The number of nitrogens with zero attached hydrogens (tertiary/aromatic N) is 4. The second-order valence-electron chi connectivity index (χ2n) is 32.2. The van der Waals surface area contributed by atoms with Gasteiger partial charge < -0.3 is 18.3 Å². The third kappa shape index (κ3) is 11.4. The van der Waals surface area contributed by atoms with Crippen LogP contribution in [0.5, 0.6) is 0 Å². The van der Waals surface area contributed by atoms with Gasteiger partial charge in [0.05, 0.1) is 44.1 Å². The molecule has 4 heterocycles. The van der Waals surface area contributed by atoms with Crippen LogP contribution in [-0.4, -0.2) is 18.3 Å². The van der Waals surface area contributed by atoms with E-state index in [4.69, 9.17) is 0 Å². The molecule has 0 atom stereocenters. The van der Waals surface area contributed by atoms with Crippen molar-refractivity contribution in [2.45, 2.75) is 6.92 Å². The van der Waals surface area contributed by atoms with E-state index in [1.165, 1.54) is 226 Å².